The summed E-state index contributed by atoms with van der Waals surface area (Å²) in [4.78, 5) is 18.2. The monoisotopic (exact) mass is 310 g/mol. The van der Waals surface area contributed by atoms with Crippen molar-refractivity contribution in [1.82, 2.24) is 9.80 Å². The molecule has 0 spiro atoms. The molecule has 5 aliphatic rings. The molecule has 6 rings (SSSR count). The summed E-state index contributed by atoms with van der Waals surface area (Å²) in [6.45, 7) is 6.84. The van der Waals surface area contributed by atoms with Crippen LogP contribution in [-0.4, -0.2) is 47.4 Å². The molecule has 1 aliphatic carbocycles. The zero-order valence-corrected chi connectivity index (χ0v) is 14.1. The van der Waals surface area contributed by atoms with Crippen molar-refractivity contribution in [2.45, 2.75) is 50.5 Å². The fraction of sp³-hybridized carbons (Fsp3) is 0.650. The Bertz CT molecular complexity index is 662. The first kappa shape index (κ1) is 14.0. The van der Waals surface area contributed by atoms with Gasteiger partial charge in [0.05, 0.1) is 5.54 Å². The van der Waals surface area contributed by atoms with Gasteiger partial charge < -0.3 is 9.80 Å². The molecule has 0 unspecified atom stereocenters. The van der Waals surface area contributed by atoms with E-state index in [9.17, 15) is 4.79 Å². The van der Waals surface area contributed by atoms with E-state index in [1.165, 1.54) is 49.9 Å². The first-order valence-corrected chi connectivity index (χ1v) is 9.33. The number of piperidine rings is 3. The average Bonchev–Trinajstić information content (AvgIpc) is 2.59. The Morgan fingerprint density at radius 2 is 2.00 bits per heavy atom. The van der Waals surface area contributed by atoms with E-state index in [4.69, 9.17) is 0 Å². The van der Waals surface area contributed by atoms with Crippen molar-refractivity contribution in [3.05, 3.63) is 34.9 Å². The van der Waals surface area contributed by atoms with Crippen molar-refractivity contribution in [3.63, 3.8) is 0 Å². The van der Waals surface area contributed by atoms with Gasteiger partial charge in [0.25, 0.3) is 5.91 Å². The molecule has 1 aromatic rings. The molecule has 3 saturated heterocycles. The lowest BCUT2D eigenvalue weighted by atomic mass is 9.70. The molecule has 2 atom stereocenters. The number of amides is 1. The van der Waals surface area contributed by atoms with Crippen LogP contribution in [-0.2, 0) is 6.42 Å². The lowest BCUT2D eigenvalue weighted by molar-refractivity contribution is -0.0525. The minimum absolute atomic E-state index is 0.0404. The van der Waals surface area contributed by atoms with Crippen LogP contribution in [0.5, 0.6) is 0 Å². The minimum atomic E-state index is 0.0404. The molecule has 23 heavy (non-hydrogen) atoms. The number of fused-ring (bicyclic) bond motifs is 3. The quantitative estimate of drug-likeness (QED) is 0.796. The maximum atomic E-state index is 13.3. The second kappa shape index (κ2) is 4.83. The third-order valence-electron chi connectivity index (χ3n) is 7.11. The van der Waals surface area contributed by atoms with Crippen molar-refractivity contribution < 1.29 is 4.79 Å². The predicted molar refractivity (Wildman–Crippen MR) is 90.7 cm³/mol. The molecular weight excluding hydrogens is 284 g/mol. The molecule has 0 saturated carbocycles. The lowest BCUT2D eigenvalue weighted by Gasteiger charge is -2.58. The Balaban J connectivity index is 1.57. The molecule has 3 fully saturated rings. The summed E-state index contributed by atoms with van der Waals surface area (Å²) in [5.41, 5.74) is 3.88. The number of hydrogen-bond acceptors (Lipinski definition) is 2. The van der Waals surface area contributed by atoms with E-state index in [-0.39, 0.29) is 5.54 Å². The van der Waals surface area contributed by atoms with Gasteiger partial charge in [0.1, 0.15) is 0 Å². The van der Waals surface area contributed by atoms with Crippen molar-refractivity contribution in [1.29, 1.82) is 0 Å². The molecule has 4 heterocycles. The zero-order valence-electron chi connectivity index (χ0n) is 14.1. The molecule has 1 aromatic carbocycles. The maximum Gasteiger partial charge on any atom is 0.254 e. The Morgan fingerprint density at radius 3 is 2.74 bits per heavy atom. The fourth-order valence-electron chi connectivity index (χ4n) is 5.86. The van der Waals surface area contributed by atoms with Gasteiger partial charge in [0, 0.05) is 24.6 Å². The average molecular weight is 310 g/mol. The second-order valence-corrected chi connectivity index (χ2v) is 8.29. The van der Waals surface area contributed by atoms with Gasteiger partial charge in [-0.3, -0.25) is 4.79 Å². The molecular formula is C20H26N2O. The minimum Gasteiger partial charge on any atom is -0.331 e. The SMILES string of the molecule is C[C@@]1(N2C[C@H]3CCCc4cccc(c43)C2=O)CN2CCC1CC2. The Kier molecular flexibility index (Phi) is 2.94. The highest BCUT2D eigenvalue weighted by Gasteiger charge is 2.51. The van der Waals surface area contributed by atoms with E-state index in [0.717, 1.165) is 25.1 Å². The molecule has 3 nitrogen and oxygen atoms in total. The number of nitrogens with zero attached hydrogens (tertiary/aromatic N) is 2. The largest absolute Gasteiger partial charge is 0.331 e. The van der Waals surface area contributed by atoms with Crippen LogP contribution in [0.25, 0.3) is 0 Å². The van der Waals surface area contributed by atoms with Gasteiger partial charge in [-0.2, -0.15) is 0 Å². The molecule has 2 bridgehead atoms. The lowest BCUT2D eigenvalue weighted by Crippen LogP contribution is -2.68. The van der Waals surface area contributed by atoms with Gasteiger partial charge in [0.15, 0.2) is 0 Å². The molecule has 4 aliphatic heterocycles. The van der Waals surface area contributed by atoms with E-state index in [2.05, 4.69) is 34.9 Å². The summed E-state index contributed by atoms with van der Waals surface area (Å²) < 4.78 is 0. The number of hydrogen-bond donors (Lipinski definition) is 0. The Hall–Kier alpha value is -1.35. The molecule has 0 radical (unpaired) electrons. The van der Waals surface area contributed by atoms with E-state index in [1.807, 2.05) is 0 Å². The summed E-state index contributed by atoms with van der Waals surface area (Å²) in [7, 11) is 0. The van der Waals surface area contributed by atoms with Crippen LogP contribution in [0, 0.1) is 5.92 Å². The fourth-order valence-corrected chi connectivity index (χ4v) is 5.86. The van der Waals surface area contributed by atoms with Gasteiger partial charge in [-0.25, -0.2) is 0 Å². The van der Waals surface area contributed by atoms with Crippen molar-refractivity contribution >= 4 is 5.91 Å². The van der Waals surface area contributed by atoms with E-state index in [0.29, 0.717) is 17.7 Å². The van der Waals surface area contributed by atoms with Crippen molar-refractivity contribution in [2.75, 3.05) is 26.2 Å². The standard InChI is InChI=1S/C20H26N2O/c1-20(13-21-10-8-16(20)9-11-21)22-12-15-6-2-4-14-5-3-7-17(18(14)15)19(22)23/h3,5,7,15-16H,2,4,6,8-13H2,1H3/t15-,20-/m1/s1. The molecule has 122 valence electrons. The zero-order chi connectivity index (χ0) is 15.6. The summed E-state index contributed by atoms with van der Waals surface area (Å²) >= 11 is 0. The van der Waals surface area contributed by atoms with E-state index >= 15 is 0 Å². The molecule has 0 aromatic heterocycles. The van der Waals surface area contributed by atoms with Crippen LogP contribution in [0.15, 0.2) is 18.2 Å². The van der Waals surface area contributed by atoms with Crippen LogP contribution < -0.4 is 0 Å². The Morgan fingerprint density at radius 1 is 1.17 bits per heavy atom. The van der Waals surface area contributed by atoms with Crippen LogP contribution in [0.4, 0.5) is 0 Å². The van der Waals surface area contributed by atoms with Gasteiger partial charge >= 0.3 is 0 Å². The summed E-state index contributed by atoms with van der Waals surface area (Å²) in [6, 6.07) is 6.41. The Labute approximate surface area is 138 Å². The van der Waals surface area contributed by atoms with Crippen LogP contribution >= 0.6 is 0 Å². The maximum absolute atomic E-state index is 13.3. The molecule has 3 heteroatoms. The summed E-state index contributed by atoms with van der Waals surface area (Å²) in [6.07, 6.45) is 6.20. The highest BCUT2D eigenvalue weighted by Crippen LogP contribution is 2.45. The predicted octanol–water partition coefficient (Wildman–Crippen LogP) is 3.05. The smallest absolute Gasteiger partial charge is 0.254 e. The first-order chi connectivity index (χ1) is 11.2. The van der Waals surface area contributed by atoms with Crippen LogP contribution in [0.3, 0.4) is 0 Å². The highest BCUT2D eigenvalue weighted by atomic mass is 16.2. The highest BCUT2D eigenvalue weighted by molar-refractivity contribution is 5.98. The summed E-state index contributed by atoms with van der Waals surface area (Å²) in [5, 5.41) is 0. The normalized spacial score (nSPS) is 38.6. The topological polar surface area (TPSA) is 23.6 Å². The molecule has 0 N–H and O–H groups in total. The van der Waals surface area contributed by atoms with Crippen LogP contribution in [0.2, 0.25) is 0 Å². The number of carbonyl (C=O) groups is 1. The van der Waals surface area contributed by atoms with Gasteiger partial charge in [-0.05, 0) is 75.2 Å². The van der Waals surface area contributed by atoms with Crippen molar-refractivity contribution in [3.8, 4) is 0 Å². The summed E-state index contributed by atoms with van der Waals surface area (Å²) in [5.74, 6) is 1.56. The van der Waals surface area contributed by atoms with Gasteiger partial charge in [-0.1, -0.05) is 12.1 Å². The number of benzene rings is 1. The van der Waals surface area contributed by atoms with Gasteiger partial charge in [-0.15, -0.1) is 0 Å². The van der Waals surface area contributed by atoms with E-state index < -0.39 is 0 Å². The van der Waals surface area contributed by atoms with Crippen molar-refractivity contribution in [2.24, 2.45) is 5.92 Å². The number of aryl methyl sites for hydroxylation is 1. The third-order valence-corrected chi connectivity index (χ3v) is 7.11. The number of carbonyl (C=O) groups excluding carboxylic acids is 1. The van der Waals surface area contributed by atoms with E-state index in [1.54, 1.807) is 0 Å². The third kappa shape index (κ3) is 1.89. The first-order valence-electron chi connectivity index (χ1n) is 9.33. The molecule has 1 amide bonds. The second-order valence-electron chi connectivity index (χ2n) is 8.29. The van der Waals surface area contributed by atoms with Crippen LogP contribution in [0.1, 0.15) is 60.0 Å². The number of rotatable bonds is 1. The van der Waals surface area contributed by atoms with Gasteiger partial charge in [0.2, 0.25) is 0 Å².